The average Bonchev–Trinajstić information content (AvgIpc) is 2.48. The minimum atomic E-state index is -0.473. The van der Waals surface area contributed by atoms with Gasteiger partial charge >= 0.3 is 0 Å². The van der Waals surface area contributed by atoms with Crippen molar-refractivity contribution in [2.24, 2.45) is 5.92 Å². The van der Waals surface area contributed by atoms with Crippen LogP contribution in [0.5, 0.6) is 0 Å². The SMILES string of the molecule is CC(C)[C@H](c1ccccc1)N(C)C(=O)[C@@H]1COCCO1. The van der Waals surface area contributed by atoms with Gasteiger partial charge in [0.2, 0.25) is 0 Å². The molecule has 0 N–H and O–H groups in total. The lowest BCUT2D eigenvalue weighted by molar-refractivity contribution is -0.159. The van der Waals surface area contributed by atoms with Crippen LogP contribution in [0.1, 0.15) is 25.5 Å². The number of benzene rings is 1. The van der Waals surface area contributed by atoms with Crippen molar-refractivity contribution in [2.45, 2.75) is 26.0 Å². The third-order valence-corrected chi connectivity index (χ3v) is 3.63. The normalized spacial score (nSPS) is 20.7. The lowest BCUT2D eigenvalue weighted by atomic mass is 9.94. The van der Waals surface area contributed by atoms with Crippen LogP contribution in [-0.2, 0) is 14.3 Å². The van der Waals surface area contributed by atoms with Crippen molar-refractivity contribution >= 4 is 5.91 Å². The molecule has 1 aromatic rings. The lowest BCUT2D eigenvalue weighted by Crippen LogP contribution is -2.46. The zero-order valence-electron chi connectivity index (χ0n) is 12.4. The van der Waals surface area contributed by atoms with Gasteiger partial charge in [0.1, 0.15) is 0 Å². The fourth-order valence-electron chi connectivity index (χ4n) is 2.70. The maximum absolute atomic E-state index is 12.5. The number of amides is 1. The molecule has 20 heavy (non-hydrogen) atoms. The van der Waals surface area contributed by atoms with Crippen LogP contribution in [0.25, 0.3) is 0 Å². The van der Waals surface area contributed by atoms with E-state index < -0.39 is 6.10 Å². The number of carbonyl (C=O) groups is 1. The van der Waals surface area contributed by atoms with E-state index in [4.69, 9.17) is 9.47 Å². The minimum Gasteiger partial charge on any atom is -0.376 e. The van der Waals surface area contributed by atoms with E-state index in [0.29, 0.717) is 25.7 Å². The van der Waals surface area contributed by atoms with Crippen molar-refractivity contribution in [1.82, 2.24) is 4.90 Å². The van der Waals surface area contributed by atoms with Crippen molar-refractivity contribution in [3.05, 3.63) is 35.9 Å². The molecule has 0 saturated carbocycles. The summed E-state index contributed by atoms with van der Waals surface area (Å²) in [6.45, 7) is 5.66. The predicted octanol–water partition coefficient (Wildman–Crippen LogP) is 2.26. The van der Waals surface area contributed by atoms with Crippen molar-refractivity contribution in [3.8, 4) is 0 Å². The van der Waals surface area contributed by atoms with Gasteiger partial charge in [-0.15, -0.1) is 0 Å². The first-order chi connectivity index (χ1) is 9.61. The summed E-state index contributed by atoms with van der Waals surface area (Å²) >= 11 is 0. The third-order valence-electron chi connectivity index (χ3n) is 3.63. The first kappa shape index (κ1) is 15.0. The second-order valence-electron chi connectivity index (χ2n) is 5.48. The Morgan fingerprint density at radius 1 is 1.25 bits per heavy atom. The Balaban J connectivity index is 2.14. The second kappa shape index (κ2) is 6.86. The highest BCUT2D eigenvalue weighted by Gasteiger charge is 2.31. The molecule has 1 saturated heterocycles. The van der Waals surface area contributed by atoms with E-state index in [0.717, 1.165) is 5.56 Å². The summed E-state index contributed by atoms with van der Waals surface area (Å²) in [5.41, 5.74) is 1.15. The average molecular weight is 277 g/mol. The smallest absolute Gasteiger partial charge is 0.254 e. The lowest BCUT2D eigenvalue weighted by Gasteiger charge is -2.35. The summed E-state index contributed by atoms with van der Waals surface area (Å²) in [7, 11) is 1.85. The van der Waals surface area contributed by atoms with Crippen molar-refractivity contribution in [3.63, 3.8) is 0 Å². The number of nitrogens with zero attached hydrogens (tertiary/aromatic N) is 1. The Labute approximate surface area is 120 Å². The molecule has 4 heteroatoms. The summed E-state index contributed by atoms with van der Waals surface area (Å²) in [5, 5.41) is 0. The molecule has 0 aromatic heterocycles. The van der Waals surface area contributed by atoms with Gasteiger partial charge in [-0.3, -0.25) is 4.79 Å². The summed E-state index contributed by atoms with van der Waals surface area (Å²) in [4.78, 5) is 14.3. The molecule has 0 spiro atoms. The molecule has 1 heterocycles. The van der Waals surface area contributed by atoms with Crippen molar-refractivity contribution in [2.75, 3.05) is 26.9 Å². The zero-order chi connectivity index (χ0) is 14.5. The van der Waals surface area contributed by atoms with Gasteiger partial charge < -0.3 is 14.4 Å². The first-order valence-electron chi connectivity index (χ1n) is 7.12. The van der Waals surface area contributed by atoms with Crippen LogP contribution < -0.4 is 0 Å². The number of ether oxygens (including phenoxy) is 2. The number of hydrogen-bond donors (Lipinski definition) is 0. The second-order valence-corrected chi connectivity index (χ2v) is 5.48. The van der Waals surface area contributed by atoms with E-state index in [1.54, 1.807) is 4.90 Å². The minimum absolute atomic E-state index is 0.00717. The molecule has 1 aliphatic rings. The highest BCUT2D eigenvalue weighted by Crippen LogP contribution is 2.28. The van der Waals surface area contributed by atoms with E-state index in [2.05, 4.69) is 26.0 Å². The Morgan fingerprint density at radius 2 is 1.95 bits per heavy atom. The number of rotatable bonds is 4. The molecule has 0 radical (unpaired) electrons. The van der Waals surface area contributed by atoms with Crippen LogP contribution >= 0.6 is 0 Å². The molecule has 2 rings (SSSR count). The molecule has 1 aromatic carbocycles. The van der Waals surface area contributed by atoms with Crippen molar-refractivity contribution in [1.29, 1.82) is 0 Å². The number of hydrogen-bond acceptors (Lipinski definition) is 3. The van der Waals surface area contributed by atoms with Crippen LogP contribution in [-0.4, -0.2) is 43.8 Å². The monoisotopic (exact) mass is 277 g/mol. The van der Waals surface area contributed by atoms with E-state index >= 15 is 0 Å². The summed E-state index contributed by atoms with van der Waals surface area (Å²) in [6, 6.07) is 10.2. The van der Waals surface area contributed by atoms with E-state index in [1.165, 1.54) is 0 Å². The summed E-state index contributed by atoms with van der Waals surface area (Å²) in [6.07, 6.45) is -0.473. The van der Waals surface area contributed by atoms with Crippen LogP contribution in [0.4, 0.5) is 0 Å². The third kappa shape index (κ3) is 3.38. The molecule has 4 nitrogen and oxygen atoms in total. The Hall–Kier alpha value is -1.39. The molecular formula is C16H23NO3. The standard InChI is InChI=1S/C16H23NO3/c1-12(2)15(13-7-5-4-6-8-13)17(3)16(18)14-11-19-9-10-20-14/h4-8,12,14-15H,9-11H2,1-3H3/t14-,15+/m0/s1. The fraction of sp³-hybridized carbons (Fsp3) is 0.562. The molecule has 110 valence electrons. The summed E-state index contributed by atoms with van der Waals surface area (Å²) < 4.78 is 10.8. The van der Waals surface area contributed by atoms with Gasteiger partial charge in [0.05, 0.1) is 25.9 Å². The van der Waals surface area contributed by atoms with Crippen molar-refractivity contribution < 1.29 is 14.3 Å². The van der Waals surface area contributed by atoms with E-state index in [9.17, 15) is 4.79 Å². The molecule has 0 bridgehead atoms. The van der Waals surface area contributed by atoms with Gasteiger partial charge in [0.15, 0.2) is 6.10 Å². The number of carbonyl (C=O) groups excluding carboxylic acids is 1. The molecule has 1 aliphatic heterocycles. The van der Waals surface area contributed by atoms with Crippen LogP contribution in [0.3, 0.4) is 0 Å². The maximum Gasteiger partial charge on any atom is 0.254 e. The van der Waals surface area contributed by atoms with E-state index in [-0.39, 0.29) is 11.9 Å². The fourth-order valence-corrected chi connectivity index (χ4v) is 2.70. The predicted molar refractivity (Wildman–Crippen MR) is 77.4 cm³/mol. The Morgan fingerprint density at radius 3 is 2.50 bits per heavy atom. The number of likely N-dealkylation sites (N-methyl/N-ethyl adjacent to an activating group) is 1. The molecule has 1 fully saturated rings. The van der Waals surface area contributed by atoms with Gasteiger partial charge in [0.25, 0.3) is 5.91 Å². The largest absolute Gasteiger partial charge is 0.376 e. The maximum atomic E-state index is 12.5. The molecule has 0 unspecified atom stereocenters. The zero-order valence-corrected chi connectivity index (χ0v) is 12.4. The van der Waals surface area contributed by atoms with Gasteiger partial charge in [-0.25, -0.2) is 0 Å². The highest BCUT2D eigenvalue weighted by atomic mass is 16.6. The molecule has 0 aliphatic carbocycles. The Kier molecular flexibility index (Phi) is 5.15. The molecule has 1 amide bonds. The van der Waals surface area contributed by atoms with Gasteiger partial charge in [-0.2, -0.15) is 0 Å². The van der Waals surface area contributed by atoms with Gasteiger partial charge in [-0.1, -0.05) is 44.2 Å². The van der Waals surface area contributed by atoms with Crippen LogP contribution in [0, 0.1) is 5.92 Å². The molecular weight excluding hydrogens is 254 g/mol. The molecule has 2 atom stereocenters. The van der Waals surface area contributed by atoms with E-state index in [1.807, 2.05) is 25.2 Å². The Bertz CT molecular complexity index is 427. The van der Waals surface area contributed by atoms with Gasteiger partial charge in [0, 0.05) is 7.05 Å². The topological polar surface area (TPSA) is 38.8 Å². The summed E-state index contributed by atoms with van der Waals surface area (Å²) in [5.74, 6) is 0.322. The highest BCUT2D eigenvalue weighted by molar-refractivity contribution is 5.81. The quantitative estimate of drug-likeness (QED) is 0.847. The first-order valence-corrected chi connectivity index (χ1v) is 7.12. The van der Waals surface area contributed by atoms with Crippen LogP contribution in [0.15, 0.2) is 30.3 Å². The van der Waals surface area contributed by atoms with Gasteiger partial charge in [-0.05, 0) is 11.5 Å². The van der Waals surface area contributed by atoms with Crippen LogP contribution in [0.2, 0.25) is 0 Å².